The number of fused-ring (bicyclic) bond motifs is 2. The molecule has 2 atom stereocenters. The van der Waals surface area contributed by atoms with Crippen LogP contribution in [0.25, 0.3) is 0 Å². The molecule has 0 aliphatic carbocycles. The summed E-state index contributed by atoms with van der Waals surface area (Å²) < 4.78 is 5.54. The number of ether oxygens (including phenoxy) is 1. The summed E-state index contributed by atoms with van der Waals surface area (Å²) in [5.41, 5.74) is 0.951. The smallest absolute Gasteiger partial charge is 0.410 e. The van der Waals surface area contributed by atoms with Crippen molar-refractivity contribution in [3.63, 3.8) is 0 Å². The largest absolute Gasteiger partial charge is 0.444 e. The van der Waals surface area contributed by atoms with E-state index in [0.717, 1.165) is 19.4 Å². The molecule has 0 aromatic heterocycles. The second kappa shape index (κ2) is 6.75. The Bertz CT molecular complexity index is 553. The molecule has 2 unspecified atom stereocenters. The second-order valence-corrected chi connectivity index (χ2v) is 8.26. The topological polar surface area (TPSA) is 32.8 Å². The molecule has 4 nitrogen and oxygen atoms in total. The molecule has 0 saturated carbocycles. The van der Waals surface area contributed by atoms with Crippen molar-refractivity contribution >= 4 is 6.09 Å². The number of benzene rings is 1. The van der Waals surface area contributed by atoms with Crippen LogP contribution in [0, 0.1) is 0 Å². The van der Waals surface area contributed by atoms with E-state index < -0.39 is 5.60 Å². The van der Waals surface area contributed by atoms with Crippen molar-refractivity contribution in [1.82, 2.24) is 9.80 Å². The van der Waals surface area contributed by atoms with Gasteiger partial charge in [0.05, 0.1) is 0 Å². The minimum absolute atomic E-state index is 0.191. The first kappa shape index (κ1) is 17.3. The van der Waals surface area contributed by atoms with Crippen LogP contribution in [0.4, 0.5) is 4.79 Å². The van der Waals surface area contributed by atoms with Gasteiger partial charge >= 0.3 is 6.09 Å². The third-order valence-electron chi connectivity index (χ3n) is 5.30. The molecule has 2 saturated heterocycles. The van der Waals surface area contributed by atoms with Gasteiger partial charge in [-0.05, 0) is 52.0 Å². The Morgan fingerprint density at radius 2 is 1.75 bits per heavy atom. The highest BCUT2D eigenvalue weighted by Gasteiger charge is 2.42. The lowest BCUT2D eigenvalue weighted by Crippen LogP contribution is -2.51. The lowest BCUT2D eigenvalue weighted by Gasteiger charge is -2.42. The predicted octanol–water partition coefficient (Wildman–Crippen LogP) is 4.05. The number of rotatable bonds is 3. The zero-order chi connectivity index (χ0) is 17.3. The molecule has 132 valence electrons. The van der Waals surface area contributed by atoms with Gasteiger partial charge in [-0.1, -0.05) is 30.3 Å². The van der Waals surface area contributed by atoms with E-state index in [1.807, 2.05) is 32.7 Å². The quantitative estimate of drug-likeness (QED) is 0.838. The second-order valence-electron chi connectivity index (χ2n) is 8.26. The summed E-state index contributed by atoms with van der Waals surface area (Å²) in [5, 5.41) is 0. The van der Waals surface area contributed by atoms with Gasteiger partial charge in [-0.15, -0.1) is 0 Å². The van der Waals surface area contributed by atoms with E-state index in [1.54, 1.807) is 0 Å². The van der Waals surface area contributed by atoms with E-state index in [2.05, 4.69) is 35.2 Å². The Balaban J connectivity index is 1.61. The van der Waals surface area contributed by atoms with Gasteiger partial charge in [-0.2, -0.15) is 0 Å². The highest BCUT2D eigenvalue weighted by atomic mass is 16.6. The number of hydrogen-bond acceptors (Lipinski definition) is 3. The molecule has 0 radical (unpaired) electrons. The molecule has 24 heavy (non-hydrogen) atoms. The number of piperidine rings is 1. The van der Waals surface area contributed by atoms with Crippen LogP contribution in [0.1, 0.15) is 52.0 Å². The molecule has 1 aromatic carbocycles. The van der Waals surface area contributed by atoms with Crippen molar-refractivity contribution in [3.8, 4) is 0 Å². The lowest BCUT2D eigenvalue weighted by atomic mass is 9.95. The van der Waals surface area contributed by atoms with Crippen molar-refractivity contribution in [2.45, 2.75) is 76.7 Å². The van der Waals surface area contributed by atoms with Crippen LogP contribution in [0.2, 0.25) is 0 Å². The number of nitrogens with zero attached hydrogens (tertiary/aromatic N) is 2. The van der Waals surface area contributed by atoms with Crippen LogP contribution in [0.5, 0.6) is 0 Å². The minimum Gasteiger partial charge on any atom is -0.444 e. The van der Waals surface area contributed by atoms with Gasteiger partial charge in [0.2, 0.25) is 0 Å². The monoisotopic (exact) mass is 330 g/mol. The molecular formula is C20H30N2O2. The molecular weight excluding hydrogens is 300 g/mol. The van der Waals surface area contributed by atoms with E-state index in [1.165, 1.54) is 18.4 Å². The third-order valence-corrected chi connectivity index (χ3v) is 5.30. The summed E-state index contributed by atoms with van der Waals surface area (Å²) in [6.07, 6.45) is 4.41. The molecule has 2 fully saturated rings. The van der Waals surface area contributed by atoms with Crippen molar-refractivity contribution in [2.24, 2.45) is 0 Å². The molecule has 2 bridgehead atoms. The van der Waals surface area contributed by atoms with Crippen molar-refractivity contribution < 1.29 is 9.53 Å². The molecule has 3 rings (SSSR count). The molecule has 4 heteroatoms. The van der Waals surface area contributed by atoms with Crippen LogP contribution >= 0.6 is 0 Å². The number of hydrogen-bond donors (Lipinski definition) is 0. The van der Waals surface area contributed by atoms with E-state index in [0.29, 0.717) is 18.1 Å². The zero-order valence-electron chi connectivity index (χ0n) is 15.4. The maximum absolute atomic E-state index is 12.4. The Labute approximate surface area is 145 Å². The van der Waals surface area contributed by atoms with Gasteiger partial charge in [-0.3, -0.25) is 4.90 Å². The average Bonchev–Trinajstić information content (AvgIpc) is 2.75. The Morgan fingerprint density at radius 3 is 2.29 bits per heavy atom. The summed E-state index contributed by atoms with van der Waals surface area (Å²) >= 11 is 0. The summed E-state index contributed by atoms with van der Waals surface area (Å²) in [6, 6.07) is 12.2. The molecule has 2 aliphatic heterocycles. The zero-order valence-corrected chi connectivity index (χ0v) is 15.4. The fourth-order valence-electron chi connectivity index (χ4n) is 4.10. The molecule has 0 N–H and O–H groups in total. The van der Waals surface area contributed by atoms with E-state index in [4.69, 9.17) is 4.74 Å². The van der Waals surface area contributed by atoms with E-state index in [-0.39, 0.29) is 6.09 Å². The van der Waals surface area contributed by atoms with Crippen LogP contribution in [-0.4, -0.2) is 46.7 Å². The maximum Gasteiger partial charge on any atom is 0.410 e. The predicted molar refractivity (Wildman–Crippen MR) is 95.8 cm³/mol. The molecule has 2 aliphatic rings. The fourth-order valence-corrected chi connectivity index (χ4v) is 4.10. The summed E-state index contributed by atoms with van der Waals surface area (Å²) in [7, 11) is 1.89. The molecule has 0 spiro atoms. The SMILES string of the molecule is CN(C(=O)OC(C)(C)C)C1CC2CCC(C1)N2Cc1ccccc1. The first-order valence-corrected chi connectivity index (χ1v) is 9.09. The van der Waals surface area contributed by atoms with Crippen LogP contribution in [0.15, 0.2) is 30.3 Å². The highest BCUT2D eigenvalue weighted by molar-refractivity contribution is 5.68. The Kier molecular flexibility index (Phi) is 4.86. The highest BCUT2D eigenvalue weighted by Crippen LogP contribution is 2.38. The minimum atomic E-state index is -0.432. The van der Waals surface area contributed by atoms with Crippen LogP contribution in [-0.2, 0) is 11.3 Å². The number of carbonyl (C=O) groups is 1. The van der Waals surface area contributed by atoms with Crippen molar-refractivity contribution in [2.75, 3.05) is 7.05 Å². The Hall–Kier alpha value is -1.55. The molecule has 2 heterocycles. The van der Waals surface area contributed by atoms with Gasteiger partial charge < -0.3 is 9.64 Å². The van der Waals surface area contributed by atoms with Gasteiger partial charge in [-0.25, -0.2) is 4.79 Å². The first-order valence-electron chi connectivity index (χ1n) is 9.09. The molecule has 1 aromatic rings. The summed E-state index contributed by atoms with van der Waals surface area (Å²) in [6.45, 7) is 6.79. The normalized spacial score (nSPS) is 27.1. The molecule has 1 amide bonds. The Morgan fingerprint density at radius 1 is 1.17 bits per heavy atom. The van der Waals surface area contributed by atoms with Gasteiger partial charge in [0.1, 0.15) is 5.60 Å². The summed E-state index contributed by atoms with van der Waals surface area (Å²) in [5.74, 6) is 0. The fraction of sp³-hybridized carbons (Fsp3) is 0.650. The lowest BCUT2D eigenvalue weighted by molar-refractivity contribution is 0.00659. The number of carbonyl (C=O) groups excluding carboxylic acids is 1. The number of amides is 1. The van der Waals surface area contributed by atoms with Crippen molar-refractivity contribution in [3.05, 3.63) is 35.9 Å². The maximum atomic E-state index is 12.4. The van der Waals surface area contributed by atoms with Crippen molar-refractivity contribution in [1.29, 1.82) is 0 Å². The van der Waals surface area contributed by atoms with Crippen LogP contribution in [0.3, 0.4) is 0 Å². The van der Waals surface area contributed by atoms with Gasteiger partial charge in [0.25, 0.3) is 0 Å². The van der Waals surface area contributed by atoms with E-state index in [9.17, 15) is 4.79 Å². The average molecular weight is 330 g/mol. The van der Waals surface area contributed by atoms with Crippen LogP contribution < -0.4 is 0 Å². The van der Waals surface area contributed by atoms with E-state index >= 15 is 0 Å². The summed E-state index contributed by atoms with van der Waals surface area (Å²) in [4.78, 5) is 16.8. The van der Waals surface area contributed by atoms with Gasteiger partial charge in [0, 0.05) is 31.7 Å². The first-order chi connectivity index (χ1) is 11.3. The van der Waals surface area contributed by atoms with Gasteiger partial charge in [0.15, 0.2) is 0 Å². The standard InChI is InChI=1S/C20H30N2O2/c1-20(2,3)24-19(23)21(4)18-12-16-10-11-17(13-18)22(16)14-15-8-6-5-7-9-15/h5-9,16-18H,10-14H2,1-4H3. The third kappa shape index (κ3) is 3.92.